The largest absolute Gasteiger partial charge is 0.476 e. The molecule has 0 bridgehead atoms. The third kappa shape index (κ3) is 2.89. The van der Waals surface area contributed by atoms with Crippen molar-refractivity contribution in [3.8, 4) is 0 Å². The van der Waals surface area contributed by atoms with Gasteiger partial charge in [-0.1, -0.05) is 48.7 Å². The van der Waals surface area contributed by atoms with E-state index in [-0.39, 0.29) is 11.6 Å². The van der Waals surface area contributed by atoms with E-state index in [4.69, 9.17) is 0 Å². The molecule has 1 N–H and O–H groups in total. The molecule has 1 aromatic heterocycles. The average molecular weight is 299 g/mol. The maximum atomic E-state index is 11.5. The van der Waals surface area contributed by atoms with Crippen LogP contribution in [0.5, 0.6) is 0 Å². The lowest BCUT2D eigenvalue weighted by Gasteiger charge is -2.22. The molecule has 1 saturated carbocycles. The van der Waals surface area contributed by atoms with E-state index in [2.05, 4.69) is 29.4 Å². The predicted octanol–water partition coefficient (Wildman–Crippen LogP) is 3.38. The second-order valence-electron chi connectivity index (χ2n) is 6.05. The molecular formula is C17H21N3O2. The smallest absolute Gasteiger partial charge is 0.358 e. The summed E-state index contributed by atoms with van der Waals surface area (Å²) in [4.78, 5) is 11.5. The first kappa shape index (κ1) is 14.8. The number of hydrogen-bond donors (Lipinski definition) is 1. The van der Waals surface area contributed by atoms with Gasteiger partial charge in [0.2, 0.25) is 0 Å². The van der Waals surface area contributed by atoms with Crippen molar-refractivity contribution < 1.29 is 9.90 Å². The topological polar surface area (TPSA) is 68.0 Å². The first-order valence-electron chi connectivity index (χ1n) is 7.88. The molecular weight excluding hydrogens is 278 g/mol. The number of benzene rings is 1. The summed E-state index contributed by atoms with van der Waals surface area (Å²) in [6.45, 7) is 2.64. The number of aromatic nitrogens is 3. The average Bonchev–Trinajstić information content (AvgIpc) is 2.94. The van der Waals surface area contributed by atoms with E-state index >= 15 is 0 Å². The van der Waals surface area contributed by atoms with Crippen LogP contribution in [-0.4, -0.2) is 26.1 Å². The summed E-state index contributed by atoms with van der Waals surface area (Å²) in [6.07, 6.45) is 5.60. The highest BCUT2D eigenvalue weighted by molar-refractivity contribution is 5.86. The zero-order valence-corrected chi connectivity index (χ0v) is 12.8. The van der Waals surface area contributed by atoms with Gasteiger partial charge in [0.15, 0.2) is 5.69 Å². The Morgan fingerprint density at radius 1 is 1.27 bits per heavy atom. The van der Waals surface area contributed by atoms with Crippen LogP contribution in [0.25, 0.3) is 0 Å². The fourth-order valence-corrected chi connectivity index (χ4v) is 3.32. The Hall–Kier alpha value is -2.17. The van der Waals surface area contributed by atoms with Crippen molar-refractivity contribution in [2.75, 3.05) is 0 Å². The number of carboxylic acids is 1. The van der Waals surface area contributed by atoms with E-state index in [9.17, 15) is 9.90 Å². The van der Waals surface area contributed by atoms with E-state index in [1.54, 1.807) is 4.68 Å². The zero-order valence-electron chi connectivity index (χ0n) is 12.8. The highest BCUT2D eigenvalue weighted by Gasteiger charge is 2.27. The summed E-state index contributed by atoms with van der Waals surface area (Å²) in [6, 6.07) is 8.12. The minimum absolute atomic E-state index is 0.125. The van der Waals surface area contributed by atoms with Crippen LogP contribution in [0.3, 0.4) is 0 Å². The SMILES string of the molecule is Cc1ccccc1Cn1nnc(C(=O)O)c1C1CCCCC1. The van der Waals surface area contributed by atoms with Gasteiger partial charge in [-0.2, -0.15) is 0 Å². The van der Waals surface area contributed by atoms with Crippen LogP contribution < -0.4 is 0 Å². The second-order valence-corrected chi connectivity index (χ2v) is 6.05. The molecule has 1 aliphatic carbocycles. The number of nitrogens with zero attached hydrogens (tertiary/aromatic N) is 3. The lowest BCUT2D eigenvalue weighted by molar-refractivity contribution is 0.0688. The molecule has 2 aromatic rings. The third-order valence-corrected chi connectivity index (χ3v) is 4.55. The number of hydrogen-bond acceptors (Lipinski definition) is 3. The lowest BCUT2D eigenvalue weighted by atomic mass is 9.86. The van der Waals surface area contributed by atoms with Crippen molar-refractivity contribution in [1.82, 2.24) is 15.0 Å². The Bertz CT molecular complexity index is 672. The van der Waals surface area contributed by atoms with E-state index in [1.165, 1.54) is 12.0 Å². The van der Waals surface area contributed by atoms with Gasteiger partial charge in [-0.25, -0.2) is 9.48 Å². The lowest BCUT2D eigenvalue weighted by Crippen LogP contribution is -2.16. The molecule has 22 heavy (non-hydrogen) atoms. The monoisotopic (exact) mass is 299 g/mol. The van der Waals surface area contributed by atoms with Crippen LogP contribution in [0.15, 0.2) is 24.3 Å². The van der Waals surface area contributed by atoms with Crippen LogP contribution in [0.1, 0.15) is 65.3 Å². The molecule has 1 fully saturated rings. The van der Waals surface area contributed by atoms with Crippen molar-refractivity contribution >= 4 is 5.97 Å². The highest BCUT2D eigenvalue weighted by Crippen LogP contribution is 2.34. The van der Waals surface area contributed by atoms with Gasteiger partial charge >= 0.3 is 5.97 Å². The van der Waals surface area contributed by atoms with Gasteiger partial charge in [-0.05, 0) is 30.9 Å². The van der Waals surface area contributed by atoms with Crippen LogP contribution in [0, 0.1) is 6.92 Å². The van der Waals surface area contributed by atoms with Gasteiger partial charge in [-0.15, -0.1) is 5.10 Å². The minimum atomic E-state index is -0.975. The van der Waals surface area contributed by atoms with Crippen LogP contribution in [0.4, 0.5) is 0 Å². The number of carboxylic acid groups (broad SMARTS) is 1. The summed E-state index contributed by atoms with van der Waals surface area (Å²) in [5, 5.41) is 17.5. The fourth-order valence-electron chi connectivity index (χ4n) is 3.32. The van der Waals surface area contributed by atoms with E-state index in [0.717, 1.165) is 36.9 Å². The molecule has 0 saturated heterocycles. The Balaban J connectivity index is 1.97. The third-order valence-electron chi connectivity index (χ3n) is 4.55. The second kappa shape index (κ2) is 6.30. The van der Waals surface area contributed by atoms with Crippen molar-refractivity contribution in [2.24, 2.45) is 0 Å². The van der Waals surface area contributed by atoms with Crippen LogP contribution >= 0.6 is 0 Å². The molecule has 1 aromatic carbocycles. The maximum Gasteiger partial charge on any atom is 0.358 e. The summed E-state index contributed by atoms with van der Waals surface area (Å²) in [7, 11) is 0. The molecule has 0 aliphatic heterocycles. The molecule has 5 nitrogen and oxygen atoms in total. The van der Waals surface area contributed by atoms with Gasteiger partial charge in [0.1, 0.15) is 0 Å². The first-order chi connectivity index (χ1) is 10.7. The van der Waals surface area contributed by atoms with E-state index in [0.29, 0.717) is 6.54 Å². The van der Waals surface area contributed by atoms with Crippen molar-refractivity contribution in [2.45, 2.75) is 51.5 Å². The molecule has 0 unspecified atom stereocenters. The normalized spacial score (nSPS) is 15.9. The van der Waals surface area contributed by atoms with Gasteiger partial charge in [0.25, 0.3) is 0 Å². The fraction of sp³-hybridized carbons (Fsp3) is 0.471. The summed E-state index contributed by atoms with van der Waals surface area (Å²) >= 11 is 0. The Labute approximate surface area is 130 Å². The number of rotatable bonds is 4. The molecule has 116 valence electrons. The molecule has 0 spiro atoms. The Morgan fingerprint density at radius 2 is 2.00 bits per heavy atom. The molecule has 1 heterocycles. The predicted molar refractivity (Wildman–Crippen MR) is 83.1 cm³/mol. The van der Waals surface area contributed by atoms with Gasteiger partial charge in [0, 0.05) is 5.92 Å². The Morgan fingerprint density at radius 3 is 2.68 bits per heavy atom. The summed E-state index contributed by atoms with van der Waals surface area (Å²) in [5.41, 5.74) is 3.27. The van der Waals surface area contributed by atoms with Crippen molar-refractivity contribution in [3.63, 3.8) is 0 Å². The van der Waals surface area contributed by atoms with Gasteiger partial charge < -0.3 is 5.11 Å². The quantitative estimate of drug-likeness (QED) is 0.939. The minimum Gasteiger partial charge on any atom is -0.476 e. The van der Waals surface area contributed by atoms with Crippen molar-refractivity contribution in [1.29, 1.82) is 0 Å². The molecule has 5 heteroatoms. The van der Waals surface area contributed by atoms with Gasteiger partial charge in [-0.3, -0.25) is 0 Å². The number of aromatic carboxylic acids is 1. The first-order valence-corrected chi connectivity index (χ1v) is 7.88. The zero-order chi connectivity index (χ0) is 15.5. The number of carbonyl (C=O) groups is 1. The standard InChI is InChI=1S/C17H21N3O2/c1-12-7-5-6-10-14(12)11-20-16(13-8-3-2-4-9-13)15(17(21)22)18-19-20/h5-7,10,13H,2-4,8-9,11H2,1H3,(H,21,22). The summed E-state index contributed by atoms with van der Waals surface area (Å²) < 4.78 is 1.79. The van der Waals surface area contributed by atoms with Crippen molar-refractivity contribution in [3.05, 3.63) is 46.8 Å². The summed E-state index contributed by atoms with van der Waals surface area (Å²) in [5.74, 6) is -0.713. The molecule has 1 aliphatic rings. The van der Waals surface area contributed by atoms with Crippen LogP contribution in [-0.2, 0) is 6.54 Å². The molecule has 0 radical (unpaired) electrons. The highest BCUT2D eigenvalue weighted by atomic mass is 16.4. The Kier molecular flexibility index (Phi) is 4.22. The van der Waals surface area contributed by atoms with E-state index in [1.807, 2.05) is 12.1 Å². The molecule has 0 amide bonds. The van der Waals surface area contributed by atoms with Crippen LogP contribution in [0.2, 0.25) is 0 Å². The molecule has 3 rings (SSSR count). The van der Waals surface area contributed by atoms with Gasteiger partial charge in [0.05, 0.1) is 12.2 Å². The number of aryl methyl sites for hydroxylation is 1. The maximum absolute atomic E-state index is 11.5. The molecule has 0 atom stereocenters. The van der Waals surface area contributed by atoms with E-state index < -0.39 is 5.97 Å².